The van der Waals surface area contributed by atoms with Crippen molar-refractivity contribution in [3.63, 3.8) is 0 Å². The molecule has 0 amide bonds. The van der Waals surface area contributed by atoms with Crippen molar-refractivity contribution in [3.05, 3.63) is 47.5 Å². The van der Waals surface area contributed by atoms with Crippen LogP contribution < -0.4 is 0 Å². The van der Waals surface area contributed by atoms with Gasteiger partial charge in [-0.15, -0.1) is 0 Å². The van der Waals surface area contributed by atoms with Gasteiger partial charge in [-0.05, 0) is 97.7 Å². The predicted octanol–water partition coefficient (Wildman–Crippen LogP) is 4.12. The normalized spacial score (nSPS) is 41.5. The van der Waals surface area contributed by atoms with Crippen LogP contribution in [0.4, 0.5) is 0 Å². The van der Waals surface area contributed by atoms with E-state index in [2.05, 4.69) is 0 Å². The first-order chi connectivity index (χ1) is 22.4. The van der Waals surface area contributed by atoms with Crippen LogP contribution in [0.25, 0.3) is 0 Å². The van der Waals surface area contributed by atoms with E-state index in [1.807, 2.05) is 45.8 Å². The zero-order valence-electron chi connectivity index (χ0n) is 30.6. The molecule has 3 rings (SSSR count). The SMILES string of the molecule is CC[C@H]1OC(=O)[C@H](C)[C@@H](O)[C@H](C)[C@@H](OC2O[C@H](C)C[C@H](N(C)C)[C@H]2OC(=O)c2ccccc2)[C@](C)(OC)C[C@@H](C)[C@H](O)/C(C)=C/[C@]1(C)O. The van der Waals surface area contributed by atoms with Crippen molar-refractivity contribution < 1.29 is 48.6 Å². The molecule has 1 saturated heterocycles. The molecule has 1 fully saturated rings. The second-order valence-electron chi connectivity index (χ2n) is 14.6. The summed E-state index contributed by atoms with van der Waals surface area (Å²) >= 11 is 0. The summed E-state index contributed by atoms with van der Waals surface area (Å²) in [5.74, 6) is -3.34. The highest BCUT2D eigenvalue weighted by Crippen LogP contribution is 2.39. The molecule has 0 saturated carbocycles. The molecule has 13 atom stereocenters. The van der Waals surface area contributed by atoms with E-state index in [-0.39, 0.29) is 18.6 Å². The van der Waals surface area contributed by atoms with Gasteiger partial charge >= 0.3 is 11.9 Å². The van der Waals surface area contributed by atoms with Gasteiger partial charge in [-0.25, -0.2) is 4.79 Å². The van der Waals surface area contributed by atoms with Crippen LogP contribution in [0.1, 0.15) is 85.0 Å². The molecule has 0 spiro atoms. The van der Waals surface area contributed by atoms with Crippen molar-refractivity contribution in [1.29, 1.82) is 0 Å². The Morgan fingerprint density at radius 3 is 2.27 bits per heavy atom. The van der Waals surface area contributed by atoms with E-state index in [1.165, 1.54) is 13.2 Å². The van der Waals surface area contributed by atoms with Crippen molar-refractivity contribution in [1.82, 2.24) is 4.90 Å². The fraction of sp³-hybridized carbons (Fsp3) is 0.730. The minimum Gasteiger partial charge on any atom is -0.459 e. The smallest absolute Gasteiger partial charge is 0.338 e. The van der Waals surface area contributed by atoms with E-state index in [0.717, 1.165) is 0 Å². The minimum atomic E-state index is -1.56. The van der Waals surface area contributed by atoms with Gasteiger partial charge in [0.1, 0.15) is 11.7 Å². The zero-order valence-corrected chi connectivity index (χ0v) is 30.6. The second-order valence-corrected chi connectivity index (χ2v) is 14.6. The van der Waals surface area contributed by atoms with Gasteiger partial charge in [-0.1, -0.05) is 39.0 Å². The van der Waals surface area contributed by atoms with Crippen molar-refractivity contribution in [2.75, 3.05) is 21.2 Å². The number of carbonyl (C=O) groups excluding carboxylic acids is 2. The molecule has 11 nitrogen and oxygen atoms in total. The standard InChI is InChI=1S/C37H59NO10/c1-12-28-36(7,43)19-21(2)29(39)22(3)20-37(8,44-11)32(24(5)30(40)25(6)33(41)46-28)48-35-31(27(38(9)10)18-23(4)45-35)47-34(42)26-16-14-13-15-17-26/h13-17,19,22-25,27-32,35,39-40,43H,12,18,20H2,1-11H3/b21-19+/t22-,23-,24+,25-,27+,28-,29-,30+,31-,32-,35?,36+,37-/m1/s1. The summed E-state index contributed by atoms with van der Waals surface area (Å²) in [6, 6.07) is 8.44. The molecule has 3 N–H and O–H groups in total. The van der Waals surface area contributed by atoms with Crippen molar-refractivity contribution in [3.8, 4) is 0 Å². The Balaban J connectivity index is 2.11. The topological polar surface area (TPSA) is 144 Å². The van der Waals surface area contributed by atoms with E-state index in [0.29, 0.717) is 24.0 Å². The van der Waals surface area contributed by atoms with E-state index in [9.17, 15) is 24.9 Å². The fourth-order valence-corrected chi connectivity index (χ4v) is 7.29. The molecule has 1 unspecified atom stereocenters. The van der Waals surface area contributed by atoms with Crippen LogP contribution in [0, 0.1) is 17.8 Å². The fourth-order valence-electron chi connectivity index (χ4n) is 7.29. The molecule has 2 aliphatic rings. The third-order valence-corrected chi connectivity index (χ3v) is 10.3. The number of rotatable bonds is 7. The quantitative estimate of drug-likeness (QED) is 0.283. The third kappa shape index (κ3) is 9.24. The summed E-state index contributed by atoms with van der Waals surface area (Å²) in [6.07, 6.45) is -3.57. The largest absolute Gasteiger partial charge is 0.459 e. The summed E-state index contributed by atoms with van der Waals surface area (Å²) in [4.78, 5) is 28.8. The lowest BCUT2D eigenvalue weighted by atomic mass is 9.76. The van der Waals surface area contributed by atoms with Crippen molar-refractivity contribution >= 4 is 11.9 Å². The maximum atomic E-state index is 13.5. The van der Waals surface area contributed by atoms with Gasteiger partial charge in [-0.3, -0.25) is 4.79 Å². The molecule has 2 heterocycles. The maximum Gasteiger partial charge on any atom is 0.338 e. The van der Waals surface area contributed by atoms with Crippen LogP contribution in [-0.4, -0.2) is 114 Å². The Kier molecular flexibility index (Phi) is 13.8. The number of cyclic esters (lactones) is 1. The first-order valence-corrected chi connectivity index (χ1v) is 17.1. The number of benzene rings is 1. The van der Waals surface area contributed by atoms with Crippen LogP contribution >= 0.6 is 0 Å². The number of likely N-dealkylation sites (N-methyl/N-ethyl adjacent to an activating group) is 1. The molecule has 2 aliphatic heterocycles. The number of carbonyl (C=O) groups is 2. The molecule has 0 radical (unpaired) electrons. The highest BCUT2D eigenvalue weighted by Gasteiger charge is 2.51. The summed E-state index contributed by atoms with van der Waals surface area (Å²) < 4.78 is 31.3. The van der Waals surface area contributed by atoms with Gasteiger partial charge in [0.25, 0.3) is 0 Å². The lowest BCUT2D eigenvalue weighted by Gasteiger charge is -2.48. The molecular weight excluding hydrogens is 618 g/mol. The summed E-state index contributed by atoms with van der Waals surface area (Å²) in [7, 11) is 5.35. The molecule has 0 bridgehead atoms. The molecule has 1 aromatic carbocycles. The molecule has 0 aliphatic carbocycles. The summed E-state index contributed by atoms with van der Waals surface area (Å²) in [6.45, 7) is 14.1. The number of ether oxygens (including phenoxy) is 5. The Hall–Kier alpha value is -2.38. The first kappa shape index (κ1) is 40.1. The summed E-state index contributed by atoms with van der Waals surface area (Å²) in [5.41, 5.74) is -1.80. The van der Waals surface area contributed by atoms with Crippen molar-refractivity contribution in [2.45, 2.75) is 135 Å². The van der Waals surface area contributed by atoms with Crippen LogP contribution in [0.5, 0.6) is 0 Å². The number of methoxy groups -OCH3 is 1. The highest BCUT2D eigenvalue weighted by atomic mass is 16.7. The second kappa shape index (κ2) is 16.6. The molecule has 272 valence electrons. The Morgan fingerprint density at radius 2 is 1.71 bits per heavy atom. The van der Waals surface area contributed by atoms with Crippen LogP contribution in [0.15, 0.2) is 42.0 Å². The number of aliphatic hydroxyl groups is 3. The number of nitrogens with zero attached hydrogens (tertiary/aromatic N) is 1. The first-order valence-electron chi connectivity index (χ1n) is 17.1. The number of hydrogen-bond acceptors (Lipinski definition) is 11. The lowest BCUT2D eigenvalue weighted by Crippen LogP contribution is -2.60. The predicted molar refractivity (Wildman–Crippen MR) is 181 cm³/mol. The van der Waals surface area contributed by atoms with E-state index < -0.39 is 77.7 Å². The van der Waals surface area contributed by atoms with Gasteiger partial charge in [0.05, 0.1) is 47.5 Å². The van der Waals surface area contributed by atoms with Crippen LogP contribution in [-0.2, 0) is 28.5 Å². The lowest BCUT2D eigenvalue weighted by molar-refractivity contribution is -0.301. The van der Waals surface area contributed by atoms with Crippen molar-refractivity contribution in [2.24, 2.45) is 17.8 Å². The van der Waals surface area contributed by atoms with Gasteiger partial charge in [0, 0.05) is 13.0 Å². The van der Waals surface area contributed by atoms with Gasteiger partial charge in [0.15, 0.2) is 12.4 Å². The van der Waals surface area contributed by atoms with Gasteiger partial charge in [0.2, 0.25) is 0 Å². The third-order valence-electron chi connectivity index (χ3n) is 10.3. The monoisotopic (exact) mass is 677 g/mol. The zero-order chi connectivity index (χ0) is 36.1. The Labute approximate surface area is 286 Å². The molecule has 0 aromatic heterocycles. The van der Waals surface area contributed by atoms with Gasteiger partial charge in [-0.2, -0.15) is 0 Å². The van der Waals surface area contributed by atoms with E-state index in [1.54, 1.807) is 58.9 Å². The van der Waals surface area contributed by atoms with Crippen LogP contribution in [0.3, 0.4) is 0 Å². The number of aliphatic hydroxyl groups excluding tert-OH is 2. The Bertz CT molecular complexity index is 1240. The highest BCUT2D eigenvalue weighted by molar-refractivity contribution is 5.89. The van der Waals surface area contributed by atoms with E-state index >= 15 is 0 Å². The van der Waals surface area contributed by atoms with Crippen LogP contribution in [0.2, 0.25) is 0 Å². The molecule has 48 heavy (non-hydrogen) atoms. The van der Waals surface area contributed by atoms with Gasteiger partial charge < -0.3 is 43.9 Å². The Morgan fingerprint density at radius 1 is 1.08 bits per heavy atom. The molecule has 11 heteroatoms. The molecule has 1 aromatic rings. The van der Waals surface area contributed by atoms with E-state index in [4.69, 9.17) is 23.7 Å². The molecular formula is C37H59NO10. The minimum absolute atomic E-state index is 0.261. The average Bonchev–Trinajstić information content (AvgIpc) is 3.04. The maximum absolute atomic E-state index is 13.5. The number of esters is 2. The average molecular weight is 678 g/mol. The number of hydrogen-bond donors (Lipinski definition) is 3. The summed E-state index contributed by atoms with van der Waals surface area (Å²) in [5, 5.41) is 34.5.